The molecule has 0 unspecified atom stereocenters. The van der Waals surface area contributed by atoms with Crippen molar-refractivity contribution < 1.29 is 13.6 Å². The molecule has 3 nitrogen and oxygen atoms in total. The molecule has 1 aliphatic carbocycles. The van der Waals surface area contributed by atoms with Gasteiger partial charge < -0.3 is 11.1 Å². The predicted molar refractivity (Wildman–Crippen MR) is 70.9 cm³/mol. The Morgan fingerprint density at radius 2 is 2.11 bits per heavy atom. The third-order valence-corrected chi connectivity index (χ3v) is 2.53. The van der Waals surface area contributed by atoms with E-state index >= 15 is 0 Å². The highest BCUT2D eigenvalue weighted by Crippen LogP contribution is 2.18. The maximum atomic E-state index is 13.5. The van der Waals surface area contributed by atoms with E-state index in [0.29, 0.717) is 24.1 Å². The summed E-state index contributed by atoms with van der Waals surface area (Å²) in [5, 5.41) is 2.19. The summed E-state index contributed by atoms with van der Waals surface area (Å²) in [4.78, 5) is 11.8. The lowest BCUT2D eigenvalue weighted by Crippen LogP contribution is -2.26. The molecule has 0 atom stereocenters. The largest absolute Gasteiger partial charge is 0.402 e. The molecule has 0 saturated carbocycles. The lowest BCUT2D eigenvalue weighted by Gasteiger charge is -2.13. The molecule has 0 fully saturated rings. The molecule has 0 aliphatic heterocycles. The fourth-order valence-electron chi connectivity index (χ4n) is 1.52. The highest BCUT2D eigenvalue weighted by Gasteiger charge is 2.17. The van der Waals surface area contributed by atoms with Gasteiger partial charge in [0.15, 0.2) is 0 Å². The van der Waals surface area contributed by atoms with E-state index in [1.807, 2.05) is 0 Å². The Morgan fingerprint density at radius 1 is 1.42 bits per heavy atom. The van der Waals surface area contributed by atoms with Crippen molar-refractivity contribution in [2.24, 2.45) is 5.73 Å². The van der Waals surface area contributed by atoms with Crippen LogP contribution in [0.3, 0.4) is 0 Å². The van der Waals surface area contributed by atoms with E-state index in [1.54, 1.807) is 19.1 Å². The molecule has 3 N–H and O–H groups in total. The Kier molecular flexibility index (Phi) is 5.23. The fraction of sp³-hybridized carbons (Fsp3) is 0.214. The van der Waals surface area contributed by atoms with E-state index in [-0.39, 0.29) is 0 Å². The van der Waals surface area contributed by atoms with Gasteiger partial charge in [-0.2, -0.15) is 0 Å². The van der Waals surface area contributed by atoms with Crippen molar-refractivity contribution in [3.8, 4) is 0 Å². The standard InChI is InChI=1S/C14H16F2N2O/c1-3-4-12(16)13(9(2)15)18-14(19)10-5-7-11(17)8-6-10/h3-5,7H,2,6,8,17H2,1H3,(H,18,19)/b4-3-,13-12-. The van der Waals surface area contributed by atoms with Gasteiger partial charge in [0.2, 0.25) is 0 Å². The first-order valence-electron chi connectivity index (χ1n) is 5.79. The Balaban J connectivity index is 2.90. The topological polar surface area (TPSA) is 55.1 Å². The van der Waals surface area contributed by atoms with E-state index in [0.717, 1.165) is 6.08 Å². The molecule has 0 aromatic rings. The number of allylic oxidation sites excluding steroid dienone is 7. The van der Waals surface area contributed by atoms with Crippen molar-refractivity contribution in [3.05, 3.63) is 59.5 Å². The molecule has 102 valence electrons. The Bertz CT molecular complexity index is 514. The minimum Gasteiger partial charge on any atom is -0.402 e. The molecule has 0 aromatic heterocycles. The molecule has 1 amide bonds. The van der Waals surface area contributed by atoms with Gasteiger partial charge in [-0.25, -0.2) is 8.78 Å². The van der Waals surface area contributed by atoms with E-state index in [2.05, 4.69) is 11.9 Å². The molecule has 0 radical (unpaired) electrons. The number of carbonyl (C=O) groups excluding carboxylic acids is 1. The van der Waals surface area contributed by atoms with E-state index in [1.165, 1.54) is 6.08 Å². The number of nitrogens with one attached hydrogen (secondary N) is 1. The molecule has 1 rings (SSSR count). The van der Waals surface area contributed by atoms with Gasteiger partial charge in [-0.3, -0.25) is 4.79 Å². The first-order valence-corrected chi connectivity index (χ1v) is 5.79. The van der Waals surface area contributed by atoms with Crippen molar-refractivity contribution in [2.45, 2.75) is 19.8 Å². The molecule has 1 aliphatic rings. The van der Waals surface area contributed by atoms with Crippen LogP contribution in [0.15, 0.2) is 59.5 Å². The molecule has 0 bridgehead atoms. The Hall–Kier alpha value is -2.17. The summed E-state index contributed by atoms with van der Waals surface area (Å²) in [5.41, 5.74) is 6.10. The second-order valence-electron chi connectivity index (χ2n) is 4.02. The van der Waals surface area contributed by atoms with Crippen molar-refractivity contribution in [1.82, 2.24) is 5.32 Å². The molecule has 5 heteroatoms. The predicted octanol–water partition coefficient (Wildman–Crippen LogP) is 2.91. The molecule has 0 spiro atoms. The zero-order chi connectivity index (χ0) is 14.4. The van der Waals surface area contributed by atoms with Crippen LogP contribution < -0.4 is 11.1 Å². The smallest absolute Gasteiger partial charge is 0.251 e. The average Bonchev–Trinajstić information content (AvgIpc) is 2.36. The summed E-state index contributed by atoms with van der Waals surface area (Å²) in [6, 6.07) is 0. The average molecular weight is 266 g/mol. The summed E-state index contributed by atoms with van der Waals surface area (Å²) < 4.78 is 26.7. The van der Waals surface area contributed by atoms with Crippen LogP contribution in [-0.4, -0.2) is 5.91 Å². The maximum Gasteiger partial charge on any atom is 0.251 e. The third kappa shape index (κ3) is 4.21. The number of hydrogen-bond acceptors (Lipinski definition) is 2. The van der Waals surface area contributed by atoms with Gasteiger partial charge >= 0.3 is 0 Å². The van der Waals surface area contributed by atoms with Crippen molar-refractivity contribution in [1.29, 1.82) is 0 Å². The third-order valence-electron chi connectivity index (χ3n) is 2.53. The highest BCUT2D eigenvalue weighted by atomic mass is 19.1. The quantitative estimate of drug-likeness (QED) is 0.769. The Morgan fingerprint density at radius 3 is 2.58 bits per heavy atom. The Labute approximate surface area is 110 Å². The first-order chi connectivity index (χ1) is 8.95. The zero-order valence-corrected chi connectivity index (χ0v) is 10.7. The van der Waals surface area contributed by atoms with Crippen LogP contribution in [0.1, 0.15) is 19.8 Å². The van der Waals surface area contributed by atoms with Gasteiger partial charge in [-0.05, 0) is 31.9 Å². The van der Waals surface area contributed by atoms with Crippen LogP contribution >= 0.6 is 0 Å². The molecular formula is C14H16F2N2O. The number of carbonyl (C=O) groups is 1. The van der Waals surface area contributed by atoms with Gasteiger partial charge in [0.1, 0.15) is 17.4 Å². The monoisotopic (exact) mass is 266 g/mol. The lowest BCUT2D eigenvalue weighted by molar-refractivity contribution is -0.117. The first kappa shape index (κ1) is 14.9. The van der Waals surface area contributed by atoms with Gasteiger partial charge in [-0.15, -0.1) is 0 Å². The number of amides is 1. The van der Waals surface area contributed by atoms with Gasteiger partial charge in [0.25, 0.3) is 5.91 Å². The number of halogens is 2. The molecule has 19 heavy (non-hydrogen) atoms. The minimum absolute atomic E-state index is 0.418. The summed E-state index contributed by atoms with van der Waals surface area (Å²) in [6.07, 6.45) is 6.58. The van der Waals surface area contributed by atoms with Crippen LogP contribution in [0.5, 0.6) is 0 Å². The van der Waals surface area contributed by atoms with E-state index in [4.69, 9.17) is 5.73 Å². The normalized spacial score (nSPS) is 16.6. The van der Waals surface area contributed by atoms with Crippen molar-refractivity contribution in [3.63, 3.8) is 0 Å². The van der Waals surface area contributed by atoms with Crippen LogP contribution in [0.4, 0.5) is 8.78 Å². The summed E-state index contributed by atoms with van der Waals surface area (Å²) in [7, 11) is 0. The van der Waals surface area contributed by atoms with Crippen LogP contribution in [0.25, 0.3) is 0 Å². The molecule has 0 heterocycles. The number of hydrogen-bond donors (Lipinski definition) is 2. The SMILES string of the molecule is C=C(F)/C(NC(=O)C1=CC=C(N)CC1)=C(F)\C=C/C. The maximum absolute atomic E-state index is 13.5. The summed E-state index contributed by atoms with van der Waals surface area (Å²) in [5.74, 6) is -2.47. The van der Waals surface area contributed by atoms with Gasteiger partial charge in [0, 0.05) is 11.3 Å². The number of nitrogens with two attached hydrogens (primary N) is 1. The molecule has 0 saturated heterocycles. The van der Waals surface area contributed by atoms with Crippen LogP contribution in [-0.2, 0) is 4.79 Å². The van der Waals surface area contributed by atoms with E-state index in [9.17, 15) is 13.6 Å². The second-order valence-corrected chi connectivity index (χ2v) is 4.02. The van der Waals surface area contributed by atoms with Crippen molar-refractivity contribution in [2.75, 3.05) is 0 Å². The van der Waals surface area contributed by atoms with Crippen molar-refractivity contribution >= 4 is 5.91 Å². The van der Waals surface area contributed by atoms with Gasteiger partial charge in [0.05, 0.1) is 0 Å². The van der Waals surface area contributed by atoms with Crippen LogP contribution in [0.2, 0.25) is 0 Å². The molecule has 0 aromatic carbocycles. The fourth-order valence-corrected chi connectivity index (χ4v) is 1.52. The number of rotatable bonds is 4. The lowest BCUT2D eigenvalue weighted by atomic mass is 10.0. The summed E-state index contributed by atoms with van der Waals surface area (Å²) in [6.45, 7) is 4.59. The second kappa shape index (κ2) is 6.68. The van der Waals surface area contributed by atoms with Gasteiger partial charge in [-0.1, -0.05) is 18.7 Å². The minimum atomic E-state index is -1.03. The zero-order valence-electron chi connectivity index (χ0n) is 10.7. The van der Waals surface area contributed by atoms with E-state index < -0.39 is 23.3 Å². The highest BCUT2D eigenvalue weighted by molar-refractivity contribution is 5.95. The molecular weight excluding hydrogens is 250 g/mol. The van der Waals surface area contributed by atoms with Crippen LogP contribution in [0, 0.1) is 0 Å². The summed E-state index contributed by atoms with van der Waals surface area (Å²) >= 11 is 0.